The second kappa shape index (κ2) is 5.57. The molecule has 0 fully saturated rings. The van der Waals surface area contributed by atoms with E-state index in [0.29, 0.717) is 27.1 Å². The molecular formula is C13H12Cl2N2O. The molecule has 0 unspecified atom stereocenters. The van der Waals surface area contributed by atoms with E-state index < -0.39 is 6.10 Å². The average Bonchev–Trinajstić information content (AvgIpc) is 2.34. The number of halogens is 2. The van der Waals surface area contributed by atoms with Crippen LogP contribution in [0.1, 0.15) is 18.6 Å². The van der Waals surface area contributed by atoms with Crippen molar-refractivity contribution in [1.82, 2.24) is 4.98 Å². The summed E-state index contributed by atoms with van der Waals surface area (Å²) in [6, 6.07) is 8.87. The molecule has 0 saturated carbocycles. The molecule has 2 aromatic rings. The third-order valence-electron chi connectivity index (χ3n) is 2.46. The first kappa shape index (κ1) is 13.1. The van der Waals surface area contributed by atoms with Gasteiger partial charge < -0.3 is 10.4 Å². The van der Waals surface area contributed by atoms with Crippen LogP contribution in [0, 0.1) is 0 Å². The summed E-state index contributed by atoms with van der Waals surface area (Å²) in [5.41, 5.74) is 1.26. The summed E-state index contributed by atoms with van der Waals surface area (Å²) >= 11 is 12.3. The maximum Gasteiger partial charge on any atom is 0.130 e. The monoisotopic (exact) mass is 282 g/mol. The molecule has 0 aliphatic rings. The van der Waals surface area contributed by atoms with Crippen molar-refractivity contribution in [3.05, 3.63) is 52.1 Å². The largest absolute Gasteiger partial charge is 0.389 e. The van der Waals surface area contributed by atoms with Crippen LogP contribution in [0.5, 0.6) is 0 Å². The Kier molecular flexibility index (Phi) is 4.07. The van der Waals surface area contributed by atoms with Crippen molar-refractivity contribution in [2.75, 3.05) is 5.32 Å². The molecule has 0 aliphatic heterocycles. The molecule has 0 aliphatic carbocycles. The van der Waals surface area contributed by atoms with E-state index in [-0.39, 0.29) is 0 Å². The fourth-order valence-electron chi connectivity index (χ4n) is 1.52. The van der Waals surface area contributed by atoms with Gasteiger partial charge in [0.25, 0.3) is 0 Å². The van der Waals surface area contributed by atoms with Gasteiger partial charge in [0, 0.05) is 6.20 Å². The van der Waals surface area contributed by atoms with Gasteiger partial charge in [-0.05, 0) is 36.8 Å². The van der Waals surface area contributed by atoms with Crippen LogP contribution in [-0.2, 0) is 0 Å². The van der Waals surface area contributed by atoms with Gasteiger partial charge in [-0.2, -0.15) is 0 Å². The summed E-state index contributed by atoms with van der Waals surface area (Å²) in [5, 5.41) is 13.4. The molecule has 2 rings (SSSR count). The van der Waals surface area contributed by atoms with Crippen molar-refractivity contribution < 1.29 is 5.11 Å². The Labute approximate surface area is 115 Å². The van der Waals surface area contributed by atoms with E-state index in [1.807, 2.05) is 18.2 Å². The molecule has 0 amide bonds. The van der Waals surface area contributed by atoms with Gasteiger partial charge in [0.15, 0.2) is 0 Å². The standard InChI is InChI=1S/C13H12Cl2N2O/c1-8(18)9-6-10(14)13(11(15)7-9)17-12-4-2-3-5-16-12/h2-8,18H,1H3,(H,16,17)/t8-/m0/s1. The Balaban J connectivity index is 2.34. The second-order valence-corrected chi connectivity index (χ2v) is 4.69. The van der Waals surface area contributed by atoms with Crippen LogP contribution in [0.25, 0.3) is 0 Å². The third kappa shape index (κ3) is 2.93. The molecule has 1 heterocycles. The Morgan fingerprint density at radius 1 is 1.22 bits per heavy atom. The SMILES string of the molecule is C[C@H](O)c1cc(Cl)c(Nc2ccccn2)c(Cl)c1. The van der Waals surface area contributed by atoms with Gasteiger partial charge >= 0.3 is 0 Å². The van der Waals surface area contributed by atoms with Gasteiger partial charge in [-0.15, -0.1) is 0 Å². The van der Waals surface area contributed by atoms with Gasteiger partial charge in [-0.1, -0.05) is 29.3 Å². The van der Waals surface area contributed by atoms with Crippen molar-refractivity contribution in [1.29, 1.82) is 0 Å². The molecule has 3 nitrogen and oxygen atoms in total. The van der Waals surface area contributed by atoms with Crippen molar-refractivity contribution >= 4 is 34.7 Å². The zero-order valence-electron chi connectivity index (χ0n) is 9.69. The van der Waals surface area contributed by atoms with Crippen LogP contribution >= 0.6 is 23.2 Å². The fourth-order valence-corrected chi connectivity index (χ4v) is 2.12. The van der Waals surface area contributed by atoms with Crippen LogP contribution in [0.3, 0.4) is 0 Å². The van der Waals surface area contributed by atoms with Crippen LogP contribution in [-0.4, -0.2) is 10.1 Å². The molecule has 0 saturated heterocycles. The lowest BCUT2D eigenvalue weighted by Crippen LogP contribution is -1.97. The minimum Gasteiger partial charge on any atom is -0.389 e. The van der Waals surface area contributed by atoms with E-state index in [9.17, 15) is 5.11 Å². The Bertz CT molecular complexity index is 521. The maximum absolute atomic E-state index is 9.50. The van der Waals surface area contributed by atoms with E-state index in [2.05, 4.69) is 10.3 Å². The zero-order chi connectivity index (χ0) is 13.1. The zero-order valence-corrected chi connectivity index (χ0v) is 11.2. The predicted molar refractivity (Wildman–Crippen MR) is 74.6 cm³/mol. The summed E-state index contributed by atoms with van der Waals surface area (Å²) < 4.78 is 0. The van der Waals surface area contributed by atoms with Crippen LogP contribution < -0.4 is 5.32 Å². The number of hydrogen-bond donors (Lipinski definition) is 2. The van der Waals surface area contributed by atoms with Crippen LogP contribution in [0.15, 0.2) is 36.5 Å². The maximum atomic E-state index is 9.50. The molecular weight excluding hydrogens is 271 g/mol. The minimum atomic E-state index is -0.607. The van der Waals surface area contributed by atoms with Gasteiger partial charge in [-0.3, -0.25) is 0 Å². The summed E-state index contributed by atoms with van der Waals surface area (Å²) in [6.45, 7) is 1.66. The molecule has 1 aromatic heterocycles. The number of pyridine rings is 1. The van der Waals surface area contributed by atoms with Gasteiger partial charge in [-0.25, -0.2) is 4.98 Å². The van der Waals surface area contributed by atoms with Gasteiger partial charge in [0.1, 0.15) is 5.82 Å². The molecule has 0 radical (unpaired) electrons. The molecule has 0 bridgehead atoms. The fraction of sp³-hybridized carbons (Fsp3) is 0.154. The quantitative estimate of drug-likeness (QED) is 0.888. The number of aromatic nitrogens is 1. The summed E-state index contributed by atoms with van der Waals surface area (Å²) in [4.78, 5) is 4.14. The van der Waals surface area contributed by atoms with Crippen LogP contribution in [0.4, 0.5) is 11.5 Å². The number of benzene rings is 1. The smallest absolute Gasteiger partial charge is 0.130 e. The topological polar surface area (TPSA) is 45.1 Å². The van der Waals surface area contributed by atoms with Crippen molar-refractivity contribution in [2.45, 2.75) is 13.0 Å². The lowest BCUT2D eigenvalue weighted by atomic mass is 10.1. The first-order valence-corrected chi connectivity index (χ1v) is 6.18. The molecule has 5 heteroatoms. The lowest BCUT2D eigenvalue weighted by Gasteiger charge is -2.13. The number of rotatable bonds is 3. The second-order valence-electron chi connectivity index (χ2n) is 3.88. The highest BCUT2D eigenvalue weighted by Crippen LogP contribution is 2.35. The Hall–Kier alpha value is -1.29. The van der Waals surface area contributed by atoms with E-state index >= 15 is 0 Å². The Morgan fingerprint density at radius 2 is 1.89 bits per heavy atom. The van der Waals surface area contributed by atoms with Crippen molar-refractivity contribution in [3.8, 4) is 0 Å². The van der Waals surface area contributed by atoms with Gasteiger partial charge in [0.05, 0.1) is 21.8 Å². The first-order valence-electron chi connectivity index (χ1n) is 5.43. The number of aliphatic hydroxyl groups is 1. The van der Waals surface area contributed by atoms with Crippen molar-refractivity contribution in [3.63, 3.8) is 0 Å². The first-order chi connectivity index (χ1) is 8.58. The molecule has 1 atom stereocenters. The predicted octanol–water partition coefficient (Wildman–Crippen LogP) is 4.19. The highest BCUT2D eigenvalue weighted by Gasteiger charge is 2.11. The van der Waals surface area contributed by atoms with E-state index in [1.165, 1.54) is 0 Å². The number of hydrogen-bond acceptors (Lipinski definition) is 3. The highest BCUT2D eigenvalue weighted by atomic mass is 35.5. The summed E-state index contributed by atoms with van der Waals surface area (Å²) in [5.74, 6) is 0.658. The number of nitrogens with zero attached hydrogens (tertiary/aromatic N) is 1. The minimum absolute atomic E-state index is 0.448. The number of anilines is 2. The lowest BCUT2D eigenvalue weighted by molar-refractivity contribution is 0.199. The molecule has 0 spiro atoms. The summed E-state index contributed by atoms with van der Waals surface area (Å²) in [6.07, 6.45) is 1.07. The Morgan fingerprint density at radius 3 is 2.39 bits per heavy atom. The third-order valence-corrected chi connectivity index (χ3v) is 3.06. The number of aliphatic hydroxyl groups excluding tert-OH is 1. The van der Waals surface area contributed by atoms with Gasteiger partial charge in [0.2, 0.25) is 0 Å². The summed E-state index contributed by atoms with van der Waals surface area (Å²) in [7, 11) is 0. The highest BCUT2D eigenvalue weighted by molar-refractivity contribution is 6.39. The van der Waals surface area contributed by atoms with E-state index in [4.69, 9.17) is 23.2 Å². The normalized spacial score (nSPS) is 12.2. The number of nitrogens with one attached hydrogen (secondary N) is 1. The van der Waals surface area contributed by atoms with E-state index in [1.54, 1.807) is 25.3 Å². The molecule has 2 N–H and O–H groups in total. The molecule has 18 heavy (non-hydrogen) atoms. The van der Waals surface area contributed by atoms with Crippen LogP contribution in [0.2, 0.25) is 10.0 Å². The molecule has 94 valence electrons. The average molecular weight is 283 g/mol. The van der Waals surface area contributed by atoms with Crippen molar-refractivity contribution in [2.24, 2.45) is 0 Å². The van der Waals surface area contributed by atoms with E-state index in [0.717, 1.165) is 0 Å². The molecule has 1 aromatic carbocycles.